The van der Waals surface area contributed by atoms with Crippen molar-refractivity contribution in [2.24, 2.45) is 0 Å². The van der Waals surface area contributed by atoms with Crippen molar-refractivity contribution >= 4 is 0 Å². The zero-order valence-electron chi connectivity index (χ0n) is 12.2. The van der Waals surface area contributed by atoms with Gasteiger partial charge in [0.25, 0.3) is 0 Å². The van der Waals surface area contributed by atoms with Gasteiger partial charge in [0.1, 0.15) is 5.82 Å². The quantitative estimate of drug-likeness (QED) is 0.897. The van der Waals surface area contributed by atoms with Crippen LogP contribution in [0.2, 0.25) is 0 Å². The molecule has 2 heterocycles. The van der Waals surface area contributed by atoms with Gasteiger partial charge in [-0.2, -0.15) is 0 Å². The molecule has 0 aliphatic carbocycles. The van der Waals surface area contributed by atoms with Gasteiger partial charge in [0.05, 0.1) is 45.4 Å². The van der Waals surface area contributed by atoms with Crippen molar-refractivity contribution in [3.63, 3.8) is 0 Å². The Hall–Kier alpha value is -2.05. The second kappa shape index (κ2) is 6.15. The highest BCUT2D eigenvalue weighted by Crippen LogP contribution is 2.31. The van der Waals surface area contributed by atoms with Crippen LogP contribution in [0, 0.1) is 0 Å². The topological polar surface area (TPSA) is 68.4 Å². The molecular weight excluding hydrogens is 270 g/mol. The third kappa shape index (κ3) is 2.86. The number of morpholine rings is 1. The van der Waals surface area contributed by atoms with E-state index in [1.54, 1.807) is 14.2 Å². The largest absolute Gasteiger partial charge is 0.493 e. The van der Waals surface area contributed by atoms with E-state index in [-0.39, 0.29) is 6.04 Å². The summed E-state index contributed by atoms with van der Waals surface area (Å²) >= 11 is 0. The molecule has 1 aromatic carbocycles. The molecule has 1 atom stereocenters. The average Bonchev–Trinajstić information content (AvgIpc) is 3.05. The van der Waals surface area contributed by atoms with Crippen LogP contribution in [0.1, 0.15) is 11.9 Å². The maximum absolute atomic E-state index is 5.46. The lowest BCUT2D eigenvalue weighted by atomic mass is 10.1. The molecule has 1 aromatic heterocycles. The first-order chi connectivity index (χ1) is 10.3. The van der Waals surface area contributed by atoms with Crippen LogP contribution in [-0.4, -0.2) is 43.9 Å². The van der Waals surface area contributed by atoms with E-state index in [4.69, 9.17) is 14.2 Å². The van der Waals surface area contributed by atoms with Crippen LogP contribution in [0.4, 0.5) is 0 Å². The van der Waals surface area contributed by atoms with Gasteiger partial charge in [-0.1, -0.05) is 0 Å². The molecule has 2 N–H and O–H groups in total. The molecule has 2 aromatic rings. The molecule has 1 unspecified atom stereocenters. The number of rotatable bonds is 4. The Morgan fingerprint density at radius 3 is 2.81 bits per heavy atom. The van der Waals surface area contributed by atoms with E-state index in [0.717, 1.165) is 30.2 Å². The van der Waals surface area contributed by atoms with E-state index >= 15 is 0 Å². The number of nitrogens with one attached hydrogen (secondary N) is 2. The van der Waals surface area contributed by atoms with Gasteiger partial charge in [-0.05, 0) is 18.2 Å². The van der Waals surface area contributed by atoms with Crippen LogP contribution < -0.4 is 14.8 Å². The van der Waals surface area contributed by atoms with Crippen LogP contribution in [-0.2, 0) is 4.74 Å². The second-order valence-electron chi connectivity index (χ2n) is 4.83. The average molecular weight is 289 g/mol. The minimum Gasteiger partial charge on any atom is -0.493 e. The van der Waals surface area contributed by atoms with Gasteiger partial charge in [0.2, 0.25) is 0 Å². The third-order valence-electron chi connectivity index (χ3n) is 3.54. The van der Waals surface area contributed by atoms with E-state index in [1.807, 2.05) is 24.4 Å². The van der Waals surface area contributed by atoms with Crippen LogP contribution in [0.15, 0.2) is 24.4 Å². The first kappa shape index (κ1) is 13.9. The third-order valence-corrected chi connectivity index (χ3v) is 3.54. The lowest BCUT2D eigenvalue weighted by molar-refractivity contribution is 0.0745. The van der Waals surface area contributed by atoms with Crippen molar-refractivity contribution in [2.75, 3.05) is 34.0 Å². The Kier molecular flexibility index (Phi) is 4.08. The summed E-state index contributed by atoms with van der Waals surface area (Å²) in [4.78, 5) is 7.78. The fraction of sp³-hybridized carbons (Fsp3) is 0.400. The van der Waals surface area contributed by atoms with Gasteiger partial charge < -0.3 is 24.5 Å². The number of methoxy groups -OCH3 is 2. The fourth-order valence-electron chi connectivity index (χ4n) is 2.41. The predicted molar refractivity (Wildman–Crippen MR) is 78.7 cm³/mol. The van der Waals surface area contributed by atoms with Crippen LogP contribution in [0.5, 0.6) is 11.5 Å². The van der Waals surface area contributed by atoms with Crippen molar-refractivity contribution in [1.82, 2.24) is 15.3 Å². The van der Waals surface area contributed by atoms with Crippen LogP contribution in [0.25, 0.3) is 11.3 Å². The van der Waals surface area contributed by atoms with Crippen molar-refractivity contribution < 1.29 is 14.2 Å². The first-order valence-corrected chi connectivity index (χ1v) is 6.90. The number of aromatic amines is 1. The number of ether oxygens (including phenoxy) is 3. The monoisotopic (exact) mass is 289 g/mol. The maximum Gasteiger partial charge on any atom is 0.161 e. The molecule has 0 bridgehead atoms. The molecule has 6 nitrogen and oxygen atoms in total. The van der Waals surface area contributed by atoms with E-state index in [0.29, 0.717) is 18.1 Å². The summed E-state index contributed by atoms with van der Waals surface area (Å²) in [6.07, 6.45) is 1.83. The molecule has 6 heteroatoms. The number of nitrogens with zero attached hydrogens (tertiary/aromatic N) is 1. The highest BCUT2D eigenvalue weighted by Gasteiger charge is 2.18. The molecule has 112 valence electrons. The standard InChI is InChI=1S/C15H19N3O3/c1-19-13-4-3-10(7-14(13)20-2)11-8-17-15(18-11)12-9-21-6-5-16-12/h3-4,7-8,12,16H,5-6,9H2,1-2H3,(H,17,18). The first-order valence-electron chi connectivity index (χ1n) is 6.90. The van der Waals surface area contributed by atoms with Gasteiger partial charge in [-0.3, -0.25) is 0 Å². The minimum absolute atomic E-state index is 0.118. The molecule has 0 radical (unpaired) electrons. The lowest BCUT2D eigenvalue weighted by Gasteiger charge is -2.21. The SMILES string of the molecule is COc1ccc(-c2cnc(C3COCCN3)[nH]2)cc1OC. The Balaban J connectivity index is 1.85. The summed E-state index contributed by atoms with van der Waals surface area (Å²) in [5.41, 5.74) is 1.95. The summed E-state index contributed by atoms with van der Waals surface area (Å²) in [7, 11) is 3.25. The zero-order chi connectivity index (χ0) is 14.7. The molecular formula is C15H19N3O3. The molecule has 1 aliphatic heterocycles. The van der Waals surface area contributed by atoms with Gasteiger partial charge in [0, 0.05) is 12.1 Å². The molecule has 0 amide bonds. The normalized spacial score (nSPS) is 18.5. The number of hydrogen-bond donors (Lipinski definition) is 2. The molecule has 1 aliphatic rings. The number of aromatic nitrogens is 2. The lowest BCUT2D eigenvalue weighted by Crippen LogP contribution is -2.35. The van der Waals surface area contributed by atoms with Crippen molar-refractivity contribution in [3.05, 3.63) is 30.2 Å². The number of imidazole rings is 1. The van der Waals surface area contributed by atoms with Crippen LogP contribution >= 0.6 is 0 Å². The Labute approximate surface area is 123 Å². The zero-order valence-corrected chi connectivity index (χ0v) is 12.2. The van der Waals surface area contributed by atoms with E-state index < -0.39 is 0 Å². The molecule has 1 fully saturated rings. The Bertz CT molecular complexity index is 606. The minimum atomic E-state index is 0.118. The highest BCUT2D eigenvalue weighted by molar-refractivity contribution is 5.63. The summed E-state index contributed by atoms with van der Waals surface area (Å²) in [6.45, 7) is 2.23. The summed E-state index contributed by atoms with van der Waals surface area (Å²) < 4.78 is 16.0. The van der Waals surface area contributed by atoms with Crippen molar-refractivity contribution in [1.29, 1.82) is 0 Å². The Morgan fingerprint density at radius 2 is 2.10 bits per heavy atom. The van der Waals surface area contributed by atoms with Gasteiger partial charge in [-0.25, -0.2) is 4.98 Å². The van der Waals surface area contributed by atoms with Gasteiger partial charge in [-0.15, -0.1) is 0 Å². The Morgan fingerprint density at radius 1 is 1.24 bits per heavy atom. The predicted octanol–water partition coefficient (Wildman–Crippen LogP) is 1.75. The van der Waals surface area contributed by atoms with E-state index in [2.05, 4.69) is 15.3 Å². The summed E-state index contributed by atoms with van der Waals surface area (Å²) in [5, 5.41) is 3.38. The number of benzene rings is 1. The highest BCUT2D eigenvalue weighted by atomic mass is 16.5. The summed E-state index contributed by atoms with van der Waals surface area (Å²) in [5.74, 6) is 2.30. The number of hydrogen-bond acceptors (Lipinski definition) is 5. The van der Waals surface area contributed by atoms with Crippen molar-refractivity contribution in [2.45, 2.75) is 6.04 Å². The van der Waals surface area contributed by atoms with Gasteiger partial charge >= 0.3 is 0 Å². The smallest absolute Gasteiger partial charge is 0.161 e. The van der Waals surface area contributed by atoms with Gasteiger partial charge in [0.15, 0.2) is 11.5 Å². The second-order valence-corrected chi connectivity index (χ2v) is 4.83. The van der Waals surface area contributed by atoms with Crippen LogP contribution in [0.3, 0.4) is 0 Å². The summed E-state index contributed by atoms with van der Waals surface area (Å²) in [6, 6.07) is 5.91. The maximum atomic E-state index is 5.46. The molecule has 21 heavy (non-hydrogen) atoms. The van der Waals surface area contributed by atoms with Crippen molar-refractivity contribution in [3.8, 4) is 22.8 Å². The molecule has 3 rings (SSSR count). The fourth-order valence-corrected chi connectivity index (χ4v) is 2.41. The van der Waals surface area contributed by atoms with E-state index in [9.17, 15) is 0 Å². The number of H-pyrrole nitrogens is 1. The van der Waals surface area contributed by atoms with E-state index in [1.165, 1.54) is 0 Å². The molecule has 1 saturated heterocycles. The molecule has 0 saturated carbocycles. The molecule has 0 spiro atoms.